The van der Waals surface area contributed by atoms with Gasteiger partial charge in [0.25, 0.3) is 0 Å². The van der Waals surface area contributed by atoms with E-state index in [1.807, 2.05) is 11.0 Å². The number of likely N-dealkylation sites (N-methyl/N-ethyl adjacent to an activating group) is 1. The van der Waals surface area contributed by atoms with Gasteiger partial charge in [-0.05, 0) is 31.2 Å². The van der Waals surface area contributed by atoms with Crippen molar-refractivity contribution in [1.82, 2.24) is 4.90 Å². The van der Waals surface area contributed by atoms with Gasteiger partial charge in [-0.3, -0.25) is 4.79 Å². The molecule has 1 aromatic carbocycles. The predicted octanol–water partition coefficient (Wildman–Crippen LogP) is 0.821. The molecule has 2 rings (SSSR count). The zero-order valence-corrected chi connectivity index (χ0v) is 10.5. The van der Waals surface area contributed by atoms with Crippen molar-refractivity contribution < 1.29 is 9.18 Å². The number of amides is 1. The van der Waals surface area contributed by atoms with E-state index >= 15 is 0 Å². The molecule has 1 unspecified atom stereocenters. The lowest BCUT2D eigenvalue weighted by atomic mass is 10.1. The lowest BCUT2D eigenvalue weighted by molar-refractivity contribution is -0.132. The Morgan fingerprint density at radius 3 is 2.94 bits per heavy atom. The highest BCUT2D eigenvalue weighted by atomic mass is 19.1. The Balaban J connectivity index is 2.17. The second-order valence-electron chi connectivity index (χ2n) is 4.60. The number of rotatable bonds is 3. The van der Waals surface area contributed by atoms with Crippen LogP contribution in [0.4, 0.5) is 10.1 Å². The summed E-state index contributed by atoms with van der Waals surface area (Å²) in [7, 11) is 1.80. The number of piperazine rings is 1. The first-order valence-electron chi connectivity index (χ1n) is 6.08. The van der Waals surface area contributed by atoms with E-state index in [2.05, 4.69) is 0 Å². The molecule has 2 N–H and O–H groups in total. The lowest BCUT2D eigenvalue weighted by Gasteiger charge is -2.40. The molecule has 1 aliphatic rings. The molecule has 18 heavy (non-hydrogen) atoms. The third-order valence-electron chi connectivity index (χ3n) is 3.37. The molecule has 4 nitrogen and oxygen atoms in total. The van der Waals surface area contributed by atoms with Gasteiger partial charge < -0.3 is 15.5 Å². The van der Waals surface area contributed by atoms with Crippen molar-refractivity contribution in [3.8, 4) is 0 Å². The number of hydrogen-bond acceptors (Lipinski definition) is 3. The Labute approximate surface area is 106 Å². The van der Waals surface area contributed by atoms with Crippen LogP contribution >= 0.6 is 0 Å². The summed E-state index contributed by atoms with van der Waals surface area (Å²) in [5.74, 6) is -0.238. The molecule has 1 aliphatic heterocycles. The molecule has 0 bridgehead atoms. The van der Waals surface area contributed by atoms with Gasteiger partial charge in [0, 0.05) is 19.3 Å². The summed E-state index contributed by atoms with van der Waals surface area (Å²) in [5, 5.41) is 0. The molecule has 0 radical (unpaired) electrons. The third kappa shape index (κ3) is 2.61. The Kier molecular flexibility index (Phi) is 3.81. The number of hydrogen-bond donors (Lipinski definition) is 1. The SMILES string of the molecule is CN1C(=O)CN(c2cccc(F)c2)CC1CCN. The van der Waals surface area contributed by atoms with Gasteiger partial charge in [0.1, 0.15) is 5.82 Å². The van der Waals surface area contributed by atoms with Gasteiger partial charge in [-0.1, -0.05) is 6.07 Å². The fourth-order valence-corrected chi connectivity index (χ4v) is 2.27. The van der Waals surface area contributed by atoms with E-state index in [-0.39, 0.29) is 17.8 Å². The second-order valence-corrected chi connectivity index (χ2v) is 4.60. The van der Waals surface area contributed by atoms with Gasteiger partial charge in [-0.2, -0.15) is 0 Å². The highest BCUT2D eigenvalue weighted by Crippen LogP contribution is 2.20. The first-order chi connectivity index (χ1) is 8.61. The number of carbonyl (C=O) groups is 1. The largest absolute Gasteiger partial charge is 0.360 e. The van der Waals surface area contributed by atoms with Crippen molar-refractivity contribution in [3.05, 3.63) is 30.1 Å². The minimum atomic E-state index is -0.283. The molecular weight excluding hydrogens is 233 g/mol. The minimum absolute atomic E-state index is 0.0453. The first kappa shape index (κ1) is 12.8. The molecule has 1 saturated heterocycles. The maximum absolute atomic E-state index is 13.2. The van der Waals surface area contributed by atoms with Crippen LogP contribution in [0.3, 0.4) is 0 Å². The van der Waals surface area contributed by atoms with Crippen LogP contribution in [0, 0.1) is 5.82 Å². The Hall–Kier alpha value is -1.62. The van der Waals surface area contributed by atoms with Gasteiger partial charge in [0.2, 0.25) is 5.91 Å². The molecule has 98 valence electrons. The molecule has 1 fully saturated rings. The molecule has 0 saturated carbocycles. The van der Waals surface area contributed by atoms with Crippen molar-refractivity contribution in [1.29, 1.82) is 0 Å². The standard InChI is InChI=1S/C13H18FN3O/c1-16-12(5-6-15)8-17(9-13(16)18)11-4-2-3-10(14)7-11/h2-4,7,12H,5-6,8-9,15H2,1H3. The average Bonchev–Trinajstić information content (AvgIpc) is 2.35. The summed E-state index contributed by atoms with van der Waals surface area (Å²) < 4.78 is 13.2. The number of nitrogens with zero attached hydrogens (tertiary/aromatic N) is 2. The van der Waals surface area contributed by atoms with Gasteiger partial charge in [-0.15, -0.1) is 0 Å². The number of nitrogens with two attached hydrogens (primary N) is 1. The van der Waals surface area contributed by atoms with Crippen LogP contribution in [0.1, 0.15) is 6.42 Å². The molecule has 1 amide bonds. The summed E-state index contributed by atoms with van der Waals surface area (Å²) >= 11 is 0. The van der Waals surface area contributed by atoms with Gasteiger partial charge in [-0.25, -0.2) is 4.39 Å². The van der Waals surface area contributed by atoms with Crippen molar-refractivity contribution in [2.24, 2.45) is 5.73 Å². The summed E-state index contributed by atoms with van der Waals surface area (Å²) in [6, 6.07) is 6.43. The maximum Gasteiger partial charge on any atom is 0.242 e. The van der Waals surface area contributed by atoms with Gasteiger partial charge in [0.15, 0.2) is 0 Å². The van der Waals surface area contributed by atoms with Crippen LogP contribution in [0.5, 0.6) is 0 Å². The molecular formula is C13H18FN3O. The monoisotopic (exact) mass is 251 g/mol. The van der Waals surface area contributed by atoms with E-state index in [0.717, 1.165) is 12.1 Å². The summed E-state index contributed by atoms with van der Waals surface area (Å²) in [6.45, 7) is 1.53. The zero-order chi connectivity index (χ0) is 13.1. The number of halogens is 1. The molecule has 0 aliphatic carbocycles. The van der Waals surface area contributed by atoms with Gasteiger partial charge in [0.05, 0.1) is 12.6 Å². The Bertz CT molecular complexity index is 438. The van der Waals surface area contributed by atoms with Crippen molar-refractivity contribution in [2.45, 2.75) is 12.5 Å². The van der Waals surface area contributed by atoms with Crippen LogP contribution in [0.15, 0.2) is 24.3 Å². The number of benzene rings is 1. The molecule has 0 aromatic heterocycles. The van der Waals surface area contributed by atoms with E-state index in [4.69, 9.17) is 5.73 Å². The molecule has 1 aromatic rings. The third-order valence-corrected chi connectivity index (χ3v) is 3.37. The predicted molar refractivity (Wildman–Crippen MR) is 68.8 cm³/mol. The van der Waals surface area contributed by atoms with Gasteiger partial charge >= 0.3 is 0 Å². The highest BCUT2D eigenvalue weighted by molar-refractivity contribution is 5.83. The topological polar surface area (TPSA) is 49.6 Å². The fourth-order valence-electron chi connectivity index (χ4n) is 2.27. The second kappa shape index (κ2) is 5.35. The lowest BCUT2D eigenvalue weighted by Crippen LogP contribution is -2.55. The number of anilines is 1. The van der Waals surface area contributed by atoms with Crippen LogP contribution in [-0.2, 0) is 4.79 Å². The maximum atomic E-state index is 13.2. The summed E-state index contributed by atoms with van der Waals surface area (Å²) in [6.07, 6.45) is 0.758. The molecule has 1 atom stereocenters. The van der Waals surface area contributed by atoms with E-state index < -0.39 is 0 Å². The minimum Gasteiger partial charge on any atom is -0.360 e. The first-order valence-corrected chi connectivity index (χ1v) is 6.08. The molecule has 5 heteroatoms. The van der Waals surface area contributed by atoms with E-state index in [1.165, 1.54) is 12.1 Å². The Morgan fingerprint density at radius 1 is 1.50 bits per heavy atom. The fraction of sp³-hybridized carbons (Fsp3) is 0.462. The van der Waals surface area contributed by atoms with Crippen molar-refractivity contribution >= 4 is 11.6 Å². The van der Waals surface area contributed by atoms with Crippen LogP contribution < -0.4 is 10.6 Å². The normalized spacial score (nSPS) is 20.4. The van der Waals surface area contributed by atoms with E-state index in [1.54, 1.807) is 18.0 Å². The van der Waals surface area contributed by atoms with Crippen LogP contribution in [0.2, 0.25) is 0 Å². The molecule has 0 spiro atoms. The van der Waals surface area contributed by atoms with Crippen molar-refractivity contribution in [2.75, 3.05) is 31.6 Å². The summed E-state index contributed by atoms with van der Waals surface area (Å²) in [5.41, 5.74) is 6.31. The highest BCUT2D eigenvalue weighted by Gasteiger charge is 2.29. The quantitative estimate of drug-likeness (QED) is 0.865. The number of carbonyl (C=O) groups excluding carboxylic acids is 1. The summed E-state index contributed by atoms with van der Waals surface area (Å²) in [4.78, 5) is 15.5. The average molecular weight is 251 g/mol. The van der Waals surface area contributed by atoms with E-state index in [0.29, 0.717) is 19.6 Å². The van der Waals surface area contributed by atoms with Crippen LogP contribution in [-0.4, -0.2) is 43.5 Å². The molecule has 1 heterocycles. The smallest absolute Gasteiger partial charge is 0.242 e. The van der Waals surface area contributed by atoms with Crippen LogP contribution in [0.25, 0.3) is 0 Å². The van der Waals surface area contributed by atoms with E-state index in [9.17, 15) is 9.18 Å². The Morgan fingerprint density at radius 2 is 2.28 bits per heavy atom. The zero-order valence-electron chi connectivity index (χ0n) is 10.5. The van der Waals surface area contributed by atoms with Crippen molar-refractivity contribution in [3.63, 3.8) is 0 Å².